The van der Waals surface area contributed by atoms with Gasteiger partial charge >= 0.3 is 0 Å². The van der Waals surface area contributed by atoms with Crippen LogP contribution in [0.25, 0.3) is 0 Å². The van der Waals surface area contributed by atoms with Crippen molar-refractivity contribution in [1.29, 1.82) is 0 Å². The van der Waals surface area contributed by atoms with Gasteiger partial charge in [0, 0.05) is 19.1 Å². The van der Waals surface area contributed by atoms with Crippen LogP contribution in [0.5, 0.6) is 0 Å². The Morgan fingerprint density at radius 1 is 1.41 bits per heavy atom. The van der Waals surface area contributed by atoms with Crippen molar-refractivity contribution in [2.75, 3.05) is 44.4 Å². The van der Waals surface area contributed by atoms with Gasteiger partial charge in [-0.1, -0.05) is 6.92 Å². The highest BCUT2D eigenvalue weighted by Gasteiger charge is 2.31. The molecule has 0 radical (unpaired) electrons. The summed E-state index contributed by atoms with van der Waals surface area (Å²) in [5.41, 5.74) is 5.32. The Morgan fingerprint density at radius 3 is 2.59 bits per heavy atom. The van der Waals surface area contributed by atoms with Crippen molar-refractivity contribution >= 4 is 22.2 Å². The number of hydrogen-bond acceptors (Lipinski definition) is 5. The lowest BCUT2D eigenvalue weighted by Gasteiger charge is -2.26. The monoisotopic (exact) mass is 286 g/mol. The van der Waals surface area contributed by atoms with E-state index in [1.807, 2.05) is 6.92 Å². The Morgan fingerprint density at radius 2 is 2.12 bits per heavy atom. The molecule has 0 aromatic heterocycles. The fraction of sp³-hybridized carbons (Fsp3) is 1.00. The maximum atomic E-state index is 11.4. The van der Waals surface area contributed by atoms with Crippen LogP contribution in [-0.4, -0.2) is 63.7 Å². The highest BCUT2D eigenvalue weighted by atomic mass is 35.5. The van der Waals surface area contributed by atoms with Gasteiger partial charge in [0.1, 0.15) is 0 Å². The zero-order chi connectivity index (χ0) is 12.0. The number of nitrogens with two attached hydrogens (primary N) is 1. The van der Waals surface area contributed by atoms with E-state index in [1.165, 1.54) is 0 Å². The average molecular weight is 287 g/mol. The Balaban J connectivity index is 0.00000256. The topological polar surface area (TPSA) is 72.6 Å². The van der Waals surface area contributed by atoms with Crippen LogP contribution in [0, 0.1) is 0 Å². The molecular weight excluding hydrogens is 264 g/mol. The molecule has 7 heteroatoms. The first-order valence-electron chi connectivity index (χ1n) is 5.81. The van der Waals surface area contributed by atoms with Crippen molar-refractivity contribution < 1.29 is 13.2 Å². The van der Waals surface area contributed by atoms with Gasteiger partial charge in [0.05, 0.1) is 24.7 Å². The quantitative estimate of drug-likeness (QED) is 0.661. The van der Waals surface area contributed by atoms with Crippen LogP contribution in [0.1, 0.15) is 13.3 Å². The van der Waals surface area contributed by atoms with E-state index < -0.39 is 9.84 Å². The summed E-state index contributed by atoms with van der Waals surface area (Å²) in [5.74, 6) is 0.634. The van der Waals surface area contributed by atoms with Gasteiger partial charge in [-0.2, -0.15) is 0 Å². The molecule has 0 aliphatic carbocycles. The Kier molecular flexibility index (Phi) is 8.32. The Bertz CT molecular complexity index is 298. The molecule has 1 aliphatic rings. The van der Waals surface area contributed by atoms with Crippen LogP contribution in [-0.2, 0) is 14.6 Å². The first kappa shape index (κ1) is 17.1. The Hall–Kier alpha value is 0.120. The highest BCUT2D eigenvalue weighted by molar-refractivity contribution is 7.91. The number of hydrogen-bond donors (Lipinski definition) is 1. The molecule has 1 saturated heterocycles. The first-order valence-corrected chi connectivity index (χ1v) is 7.63. The smallest absolute Gasteiger partial charge is 0.151 e. The molecule has 0 aromatic rings. The van der Waals surface area contributed by atoms with Crippen LogP contribution in [0.15, 0.2) is 0 Å². The fourth-order valence-corrected chi connectivity index (χ4v) is 3.79. The van der Waals surface area contributed by atoms with Crippen LogP contribution in [0.4, 0.5) is 0 Å². The van der Waals surface area contributed by atoms with E-state index in [1.54, 1.807) is 0 Å². The third-order valence-corrected chi connectivity index (χ3v) is 4.67. The number of likely N-dealkylation sites (N-methyl/N-ethyl adjacent to an activating group) is 1. The van der Waals surface area contributed by atoms with Gasteiger partial charge in [-0.3, -0.25) is 4.90 Å². The highest BCUT2D eigenvalue weighted by Crippen LogP contribution is 2.17. The van der Waals surface area contributed by atoms with Gasteiger partial charge in [0.2, 0.25) is 0 Å². The molecule has 2 N–H and O–H groups in total. The third-order valence-electron chi connectivity index (χ3n) is 2.92. The van der Waals surface area contributed by atoms with Crippen molar-refractivity contribution in [3.63, 3.8) is 0 Å². The minimum atomic E-state index is -2.79. The van der Waals surface area contributed by atoms with Crippen molar-refractivity contribution in [1.82, 2.24) is 4.90 Å². The van der Waals surface area contributed by atoms with E-state index >= 15 is 0 Å². The van der Waals surface area contributed by atoms with E-state index in [0.717, 1.165) is 19.5 Å². The molecule has 5 nitrogen and oxygen atoms in total. The minimum absolute atomic E-state index is 0. The van der Waals surface area contributed by atoms with Gasteiger partial charge in [0.15, 0.2) is 9.84 Å². The van der Waals surface area contributed by atoms with Crippen LogP contribution < -0.4 is 5.73 Å². The third kappa shape index (κ3) is 6.01. The van der Waals surface area contributed by atoms with Gasteiger partial charge < -0.3 is 10.5 Å². The molecule has 1 atom stereocenters. The number of ether oxygens (including phenoxy) is 1. The lowest BCUT2D eigenvalue weighted by atomic mass is 10.2. The van der Waals surface area contributed by atoms with Gasteiger partial charge in [-0.15, -0.1) is 12.4 Å². The predicted octanol–water partition coefficient (Wildman–Crippen LogP) is -0.107. The second-order valence-electron chi connectivity index (χ2n) is 4.09. The molecule has 0 saturated carbocycles. The normalized spacial score (nSPS) is 22.6. The lowest BCUT2D eigenvalue weighted by molar-refractivity contribution is 0.0978. The Labute approximate surface area is 110 Å². The van der Waals surface area contributed by atoms with Crippen LogP contribution >= 0.6 is 12.4 Å². The van der Waals surface area contributed by atoms with Crippen molar-refractivity contribution in [2.24, 2.45) is 5.73 Å². The fourth-order valence-electron chi connectivity index (χ4n) is 2.03. The molecule has 0 aromatic carbocycles. The summed E-state index contributed by atoms with van der Waals surface area (Å²) < 4.78 is 28.0. The summed E-state index contributed by atoms with van der Waals surface area (Å²) in [6.45, 7) is 5.43. The van der Waals surface area contributed by atoms with Crippen LogP contribution in [0.3, 0.4) is 0 Å². The summed E-state index contributed by atoms with van der Waals surface area (Å²) >= 11 is 0. The van der Waals surface area contributed by atoms with E-state index in [9.17, 15) is 8.42 Å². The predicted molar refractivity (Wildman–Crippen MR) is 71.4 cm³/mol. The van der Waals surface area contributed by atoms with Crippen molar-refractivity contribution in [2.45, 2.75) is 19.4 Å². The SMILES string of the molecule is CCN(CCOCCN)C1CCS(=O)(=O)C1.Cl. The largest absolute Gasteiger partial charge is 0.379 e. The summed E-state index contributed by atoms with van der Waals surface area (Å²) in [7, 11) is -2.79. The van der Waals surface area contributed by atoms with Gasteiger partial charge in [-0.05, 0) is 13.0 Å². The molecule has 104 valence electrons. The molecule has 1 rings (SSSR count). The van der Waals surface area contributed by atoms with Gasteiger partial charge in [-0.25, -0.2) is 8.42 Å². The number of halogens is 1. The summed E-state index contributed by atoms with van der Waals surface area (Å²) in [5, 5.41) is 0. The molecule has 1 unspecified atom stereocenters. The lowest BCUT2D eigenvalue weighted by Crippen LogP contribution is -2.38. The zero-order valence-electron chi connectivity index (χ0n) is 10.3. The second kappa shape index (κ2) is 8.26. The molecule has 0 spiro atoms. The molecule has 1 aliphatic heterocycles. The van der Waals surface area contributed by atoms with E-state index in [-0.39, 0.29) is 18.4 Å². The molecule has 0 bridgehead atoms. The summed E-state index contributed by atoms with van der Waals surface area (Å²) in [6.07, 6.45) is 0.757. The van der Waals surface area contributed by atoms with Crippen molar-refractivity contribution in [3.8, 4) is 0 Å². The molecule has 1 heterocycles. The van der Waals surface area contributed by atoms with E-state index in [2.05, 4.69) is 4.90 Å². The molecule has 17 heavy (non-hydrogen) atoms. The molecule has 0 amide bonds. The number of rotatable bonds is 7. The summed E-state index contributed by atoms with van der Waals surface area (Å²) in [6, 6.07) is 0.177. The standard InChI is InChI=1S/C10H22N2O3S.ClH/c1-2-12(5-7-15-6-4-11)10-3-8-16(13,14)9-10;/h10H,2-9,11H2,1H3;1H. The van der Waals surface area contributed by atoms with Crippen molar-refractivity contribution in [3.05, 3.63) is 0 Å². The van der Waals surface area contributed by atoms with Crippen LogP contribution in [0.2, 0.25) is 0 Å². The zero-order valence-corrected chi connectivity index (χ0v) is 11.9. The van der Waals surface area contributed by atoms with E-state index in [0.29, 0.717) is 31.3 Å². The average Bonchev–Trinajstić information content (AvgIpc) is 2.59. The number of nitrogens with zero attached hydrogens (tertiary/aromatic N) is 1. The first-order chi connectivity index (χ1) is 7.59. The van der Waals surface area contributed by atoms with Gasteiger partial charge in [0.25, 0.3) is 0 Å². The maximum absolute atomic E-state index is 11.4. The summed E-state index contributed by atoms with van der Waals surface area (Å²) in [4.78, 5) is 2.18. The minimum Gasteiger partial charge on any atom is -0.379 e. The van der Waals surface area contributed by atoms with E-state index in [4.69, 9.17) is 10.5 Å². The molecule has 1 fully saturated rings. The second-order valence-corrected chi connectivity index (χ2v) is 6.32. The maximum Gasteiger partial charge on any atom is 0.151 e. The molecular formula is C10H23ClN2O3S. The number of sulfone groups is 1.